The van der Waals surface area contributed by atoms with Gasteiger partial charge in [-0.15, -0.1) is 0 Å². The van der Waals surface area contributed by atoms with Gasteiger partial charge in [0.05, 0.1) is 5.56 Å². The summed E-state index contributed by atoms with van der Waals surface area (Å²) in [6.07, 6.45) is 4.38. The molecule has 0 aliphatic carbocycles. The van der Waals surface area contributed by atoms with Crippen molar-refractivity contribution in [1.29, 1.82) is 0 Å². The summed E-state index contributed by atoms with van der Waals surface area (Å²) >= 11 is 1.85. The first-order chi connectivity index (χ1) is 12.9. The van der Waals surface area contributed by atoms with Gasteiger partial charge in [0.1, 0.15) is 13.2 Å². The predicted octanol–water partition coefficient (Wildman–Crippen LogP) is 4.39. The lowest BCUT2D eigenvalue weighted by Gasteiger charge is -2.12. The van der Waals surface area contributed by atoms with E-state index >= 15 is 0 Å². The molecule has 4 rings (SSSR count). The summed E-state index contributed by atoms with van der Waals surface area (Å²) in [7, 11) is 0. The quantitative estimate of drug-likeness (QED) is 0.631. The van der Waals surface area contributed by atoms with Crippen molar-refractivity contribution in [3.05, 3.63) is 87.9 Å². The Balaban J connectivity index is 1.78. The van der Waals surface area contributed by atoms with Crippen molar-refractivity contribution in [3.8, 4) is 11.1 Å². The number of rotatable bonds is 3. The van der Waals surface area contributed by atoms with E-state index in [9.17, 15) is 0 Å². The highest BCUT2D eigenvalue weighted by atomic mass is 32.1. The van der Waals surface area contributed by atoms with Gasteiger partial charge >= 0.3 is 0 Å². The van der Waals surface area contributed by atoms with Gasteiger partial charge in [0.15, 0.2) is 13.1 Å². The van der Waals surface area contributed by atoms with Crippen LogP contribution >= 0.6 is 11.3 Å². The molecule has 2 heterocycles. The average Bonchev–Trinajstić information content (AvgIpc) is 2.74. The molecule has 1 aliphatic heterocycles. The second-order valence-electron chi connectivity index (χ2n) is 6.27. The lowest BCUT2D eigenvalue weighted by Crippen LogP contribution is -2.39. The van der Waals surface area contributed by atoms with Gasteiger partial charge in [0.25, 0.3) is 4.67 Å². The highest BCUT2D eigenvalue weighted by Crippen LogP contribution is 2.19. The number of hydrogen-bond donors (Lipinski definition) is 0. The van der Waals surface area contributed by atoms with Gasteiger partial charge in [-0.2, -0.15) is 0 Å². The molecule has 3 heteroatoms. The lowest BCUT2D eigenvalue weighted by atomic mass is 10.1. The Morgan fingerprint density at radius 3 is 2.19 bits per heavy atom. The standard InChI is InChI=1S/C23H22NOS/c1-3-7-19(8-4-1)11-12-21-13-14-22(20-9-5-2-6-10-20)23(26-21)24-15-17-25-18-16-24/h1-14H,15-18H2/q+1. The van der Waals surface area contributed by atoms with Gasteiger partial charge in [-0.3, -0.25) is 0 Å². The second-order valence-corrected chi connectivity index (χ2v) is 7.33. The van der Waals surface area contributed by atoms with E-state index < -0.39 is 0 Å². The molecule has 0 N–H and O–H groups in total. The summed E-state index contributed by atoms with van der Waals surface area (Å²) in [4.78, 5) is 1.26. The minimum Gasteiger partial charge on any atom is -0.368 e. The number of benzene rings is 2. The van der Waals surface area contributed by atoms with Crippen LogP contribution in [0, 0.1) is 0 Å². The average molecular weight is 361 g/mol. The van der Waals surface area contributed by atoms with Crippen LogP contribution < -0.4 is 9.25 Å². The van der Waals surface area contributed by atoms with Crippen molar-refractivity contribution in [2.24, 2.45) is 0 Å². The van der Waals surface area contributed by atoms with E-state index in [0.29, 0.717) is 0 Å². The zero-order valence-corrected chi connectivity index (χ0v) is 15.5. The Labute approximate surface area is 158 Å². The monoisotopic (exact) mass is 360 g/mol. The van der Waals surface area contributed by atoms with E-state index in [1.165, 1.54) is 26.2 Å². The van der Waals surface area contributed by atoms with E-state index in [1.807, 2.05) is 17.4 Å². The molecule has 0 amide bonds. The molecule has 1 fully saturated rings. The van der Waals surface area contributed by atoms with Crippen LogP contribution in [0.25, 0.3) is 23.3 Å². The molecule has 130 valence electrons. The number of ether oxygens (including phenoxy) is 1. The maximum Gasteiger partial charge on any atom is 0.264 e. The highest BCUT2D eigenvalue weighted by Gasteiger charge is 2.16. The normalized spacial score (nSPS) is 14.7. The fraction of sp³-hybridized carbons (Fsp3) is 0.174. The number of hydrogen-bond acceptors (Lipinski definition) is 2. The third-order valence-corrected chi connectivity index (χ3v) is 5.66. The Hall–Kier alpha value is -2.49. The zero-order chi connectivity index (χ0) is 17.6. The smallest absolute Gasteiger partial charge is 0.264 e. The van der Waals surface area contributed by atoms with Gasteiger partial charge in [0.2, 0.25) is 0 Å². The van der Waals surface area contributed by atoms with Crippen molar-refractivity contribution in [1.82, 2.24) is 4.58 Å². The van der Waals surface area contributed by atoms with E-state index in [0.717, 1.165) is 26.3 Å². The molecule has 2 aromatic carbocycles. The Morgan fingerprint density at radius 2 is 1.46 bits per heavy atom. The molecule has 1 aliphatic rings. The summed E-state index contributed by atoms with van der Waals surface area (Å²) in [5.41, 5.74) is 3.79. The molecule has 1 aromatic heterocycles. The van der Waals surface area contributed by atoms with Crippen LogP contribution in [-0.2, 0) is 4.74 Å². The highest BCUT2D eigenvalue weighted by molar-refractivity contribution is 7.10. The van der Waals surface area contributed by atoms with E-state index in [2.05, 4.69) is 83.5 Å². The van der Waals surface area contributed by atoms with Gasteiger partial charge in [-0.1, -0.05) is 78.1 Å². The largest absolute Gasteiger partial charge is 0.368 e. The van der Waals surface area contributed by atoms with Gasteiger partial charge in [0, 0.05) is 4.88 Å². The molecule has 0 unspecified atom stereocenters. The molecular weight excluding hydrogens is 338 g/mol. The van der Waals surface area contributed by atoms with Gasteiger partial charge in [-0.05, 0) is 29.3 Å². The summed E-state index contributed by atoms with van der Waals surface area (Å²) in [6.45, 7) is 3.49. The van der Waals surface area contributed by atoms with E-state index in [4.69, 9.17) is 4.74 Å². The molecule has 0 radical (unpaired) electrons. The van der Waals surface area contributed by atoms with Crippen LogP contribution in [0.1, 0.15) is 10.4 Å². The SMILES string of the molecule is C(=Cc1ccc(-c2ccccc2)c(=[N+]2CCOCC2)s1)c1ccccc1. The van der Waals surface area contributed by atoms with Crippen LogP contribution in [-0.4, -0.2) is 26.3 Å². The molecule has 0 atom stereocenters. The van der Waals surface area contributed by atoms with Crippen molar-refractivity contribution >= 4 is 23.5 Å². The van der Waals surface area contributed by atoms with Crippen molar-refractivity contribution in [2.75, 3.05) is 26.3 Å². The lowest BCUT2D eigenvalue weighted by molar-refractivity contribution is 0.0971. The molecule has 0 bridgehead atoms. The third-order valence-electron chi connectivity index (χ3n) is 4.48. The Bertz CT molecular complexity index is 950. The van der Waals surface area contributed by atoms with Crippen LogP contribution in [0.15, 0.2) is 72.8 Å². The van der Waals surface area contributed by atoms with Crippen molar-refractivity contribution in [2.45, 2.75) is 0 Å². The third kappa shape index (κ3) is 4.01. The molecular formula is C23H22NOS+. The second kappa shape index (κ2) is 8.26. The molecule has 0 spiro atoms. The fourth-order valence-corrected chi connectivity index (χ4v) is 4.21. The Kier molecular flexibility index (Phi) is 5.38. The molecule has 0 saturated carbocycles. The molecule has 3 aromatic rings. The van der Waals surface area contributed by atoms with Crippen molar-refractivity contribution in [3.63, 3.8) is 0 Å². The predicted molar refractivity (Wildman–Crippen MR) is 111 cm³/mol. The maximum absolute atomic E-state index is 5.55. The zero-order valence-electron chi connectivity index (χ0n) is 14.7. The number of morpholine rings is 1. The minimum absolute atomic E-state index is 0.797. The fourth-order valence-electron chi connectivity index (χ4n) is 3.11. The van der Waals surface area contributed by atoms with Gasteiger partial charge in [-0.25, -0.2) is 4.58 Å². The van der Waals surface area contributed by atoms with Crippen LogP contribution in [0.2, 0.25) is 0 Å². The molecule has 1 saturated heterocycles. The first kappa shape index (κ1) is 17.0. The summed E-state index contributed by atoms with van der Waals surface area (Å²) < 4.78 is 9.33. The summed E-state index contributed by atoms with van der Waals surface area (Å²) in [6, 6.07) is 25.6. The van der Waals surface area contributed by atoms with Crippen LogP contribution in [0.3, 0.4) is 0 Å². The summed E-state index contributed by atoms with van der Waals surface area (Å²) in [5.74, 6) is 0. The minimum atomic E-state index is 0.797. The molecule has 26 heavy (non-hydrogen) atoms. The molecule has 2 nitrogen and oxygen atoms in total. The maximum atomic E-state index is 5.55. The van der Waals surface area contributed by atoms with E-state index in [-0.39, 0.29) is 0 Å². The van der Waals surface area contributed by atoms with Crippen molar-refractivity contribution < 1.29 is 4.74 Å². The van der Waals surface area contributed by atoms with E-state index in [1.54, 1.807) is 0 Å². The topological polar surface area (TPSA) is 12.2 Å². The van der Waals surface area contributed by atoms with Crippen LogP contribution in [0.4, 0.5) is 0 Å². The first-order valence-corrected chi connectivity index (χ1v) is 9.80. The Morgan fingerprint density at radius 1 is 0.769 bits per heavy atom. The summed E-state index contributed by atoms with van der Waals surface area (Å²) in [5, 5.41) is 0. The number of nitrogens with zero attached hydrogens (tertiary/aromatic N) is 1. The first-order valence-electron chi connectivity index (χ1n) is 8.98. The van der Waals surface area contributed by atoms with Crippen LogP contribution in [0.5, 0.6) is 0 Å². The van der Waals surface area contributed by atoms with Gasteiger partial charge < -0.3 is 4.74 Å².